The lowest BCUT2D eigenvalue weighted by Crippen LogP contribution is -2.24. The first kappa shape index (κ1) is 13.9. The van der Waals surface area contributed by atoms with Gasteiger partial charge in [0.25, 0.3) is 0 Å². The molecule has 3 heteroatoms. The van der Waals surface area contributed by atoms with Gasteiger partial charge in [0.05, 0.1) is 6.10 Å². The van der Waals surface area contributed by atoms with Crippen molar-refractivity contribution in [1.82, 2.24) is 5.32 Å². The fraction of sp³-hybridized carbons (Fsp3) is 0.600. The molecular formula is C15H22ClNO. The minimum absolute atomic E-state index is 0.424. The number of nitrogens with one attached hydrogen (secondary N) is 1. The molecule has 1 N–H and O–H groups in total. The van der Waals surface area contributed by atoms with Crippen molar-refractivity contribution < 1.29 is 4.74 Å². The van der Waals surface area contributed by atoms with Crippen LogP contribution < -0.4 is 5.32 Å². The Bertz CT molecular complexity index is 363. The van der Waals surface area contributed by atoms with Gasteiger partial charge in [-0.15, -0.1) is 0 Å². The summed E-state index contributed by atoms with van der Waals surface area (Å²) in [5.74, 6) is 0.492. The Balaban J connectivity index is 2.03. The maximum absolute atomic E-state index is 6.09. The summed E-state index contributed by atoms with van der Waals surface area (Å²) in [6, 6.07) is 8.22. The molecular weight excluding hydrogens is 246 g/mol. The van der Waals surface area contributed by atoms with Gasteiger partial charge in [0.15, 0.2) is 0 Å². The minimum atomic E-state index is 0.424. The van der Waals surface area contributed by atoms with Crippen LogP contribution in [-0.4, -0.2) is 25.8 Å². The van der Waals surface area contributed by atoms with Crippen molar-refractivity contribution in [2.75, 3.05) is 19.7 Å². The van der Waals surface area contributed by atoms with E-state index in [0.29, 0.717) is 12.0 Å². The largest absolute Gasteiger partial charge is 0.378 e. The Morgan fingerprint density at radius 2 is 2.39 bits per heavy atom. The van der Waals surface area contributed by atoms with Gasteiger partial charge >= 0.3 is 0 Å². The van der Waals surface area contributed by atoms with Crippen molar-refractivity contribution >= 4 is 11.6 Å². The SMILES string of the molecule is CCNCC(CC1CCCO1)c1cccc(Cl)c1. The first-order chi connectivity index (χ1) is 8.79. The second-order valence-corrected chi connectivity index (χ2v) is 5.37. The summed E-state index contributed by atoms with van der Waals surface area (Å²) in [5.41, 5.74) is 1.32. The average molecular weight is 268 g/mol. The number of hydrogen-bond acceptors (Lipinski definition) is 2. The average Bonchev–Trinajstić information content (AvgIpc) is 2.87. The van der Waals surface area contributed by atoms with Crippen LogP contribution in [0, 0.1) is 0 Å². The Labute approximate surface area is 115 Å². The van der Waals surface area contributed by atoms with Gasteiger partial charge in [-0.1, -0.05) is 30.7 Å². The summed E-state index contributed by atoms with van der Waals surface area (Å²) in [5, 5.41) is 4.26. The van der Waals surface area contributed by atoms with Crippen LogP contribution in [0.2, 0.25) is 5.02 Å². The highest BCUT2D eigenvalue weighted by Crippen LogP contribution is 2.28. The molecule has 2 unspecified atom stereocenters. The fourth-order valence-electron chi connectivity index (χ4n) is 2.56. The molecule has 1 aromatic rings. The predicted octanol–water partition coefficient (Wildman–Crippen LogP) is 3.60. The maximum Gasteiger partial charge on any atom is 0.0582 e. The number of ether oxygens (including phenoxy) is 1. The molecule has 0 amide bonds. The van der Waals surface area contributed by atoms with Crippen LogP contribution in [-0.2, 0) is 4.74 Å². The maximum atomic E-state index is 6.09. The first-order valence-corrected chi connectivity index (χ1v) is 7.25. The first-order valence-electron chi connectivity index (χ1n) is 6.87. The Hall–Kier alpha value is -0.570. The summed E-state index contributed by atoms with van der Waals surface area (Å²) >= 11 is 6.09. The molecule has 0 saturated carbocycles. The molecule has 1 aliphatic rings. The molecule has 0 radical (unpaired) electrons. The van der Waals surface area contributed by atoms with Crippen LogP contribution in [0.15, 0.2) is 24.3 Å². The van der Waals surface area contributed by atoms with Crippen molar-refractivity contribution in [2.24, 2.45) is 0 Å². The molecule has 18 heavy (non-hydrogen) atoms. The van der Waals surface area contributed by atoms with E-state index in [9.17, 15) is 0 Å². The van der Waals surface area contributed by atoms with E-state index in [1.54, 1.807) is 0 Å². The zero-order valence-corrected chi connectivity index (χ0v) is 11.7. The number of likely N-dealkylation sites (N-methyl/N-ethyl adjacent to an activating group) is 1. The van der Waals surface area contributed by atoms with Crippen molar-refractivity contribution in [2.45, 2.75) is 38.2 Å². The molecule has 1 heterocycles. The van der Waals surface area contributed by atoms with Gasteiger partial charge in [0, 0.05) is 18.2 Å². The summed E-state index contributed by atoms with van der Waals surface area (Å²) < 4.78 is 5.75. The van der Waals surface area contributed by atoms with Gasteiger partial charge in [0.1, 0.15) is 0 Å². The van der Waals surface area contributed by atoms with E-state index < -0.39 is 0 Å². The lowest BCUT2D eigenvalue weighted by molar-refractivity contribution is 0.0977. The molecule has 0 aliphatic carbocycles. The highest BCUT2D eigenvalue weighted by atomic mass is 35.5. The summed E-state index contributed by atoms with van der Waals surface area (Å²) in [4.78, 5) is 0. The molecule has 0 aromatic heterocycles. The zero-order valence-electron chi connectivity index (χ0n) is 11.0. The van der Waals surface area contributed by atoms with Crippen LogP contribution >= 0.6 is 11.6 Å². The highest BCUT2D eigenvalue weighted by molar-refractivity contribution is 6.30. The molecule has 0 spiro atoms. The second-order valence-electron chi connectivity index (χ2n) is 4.93. The van der Waals surface area contributed by atoms with Crippen molar-refractivity contribution in [1.29, 1.82) is 0 Å². The van der Waals surface area contributed by atoms with E-state index in [1.807, 2.05) is 12.1 Å². The quantitative estimate of drug-likeness (QED) is 0.850. The fourth-order valence-corrected chi connectivity index (χ4v) is 2.76. The van der Waals surface area contributed by atoms with Crippen LogP contribution in [0.5, 0.6) is 0 Å². The number of hydrogen-bond donors (Lipinski definition) is 1. The van der Waals surface area contributed by atoms with Crippen LogP contribution in [0.3, 0.4) is 0 Å². The monoisotopic (exact) mass is 267 g/mol. The molecule has 2 nitrogen and oxygen atoms in total. The van der Waals surface area contributed by atoms with Crippen molar-refractivity contribution in [3.63, 3.8) is 0 Å². The van der Waals surface area contributed by atoms with Crippen LogP contribution in [0.25, 0.3) is 0 Å². The van der Waals surface area contributed by atoms with Gasteiger partial charge < -0.3 is 10.1 Å². The molecule has 100 valence electrons. The van der Waals surface area contributed by atoms with Crippen LogP contribution in [0.4, 0.5) is 0 Å². The summed E-state index contributed by atoms with van der Waals surface area (Å²) in [6.45, 7) is 5.06. The number of rotatable bonds is 6. The minimum Gasteiger partial charge on any atom is -0.378 e. The van der Waals surface area contributed by atoms with E-state index in [-0.39, 0.29) is 0 Å². The lowest BCUT2D eigenvalue weighted by Gasteiger charge is -2.21. The molecule has 1 fully saturated rings. The standard InChI is InChI=1S/C15H22ClNO/c1-2-17-11-13(10-15-7-4-8-18-15)12-5-3-6-14(16)9-12/h3,5-6,9,13,15,17H,2,4,7-8,10-11H2,1H3. The lowest BCUT2D eigenvalue weighted by atomic mass is 9.92. The Morgan fingerprint density at radius 1 is 1.50 bits per heavy atom. The molecule has 0 bridgehead atoms. The third-order valence-electron chi connectivity index (χ3n) is 3.53. The molecule has 2 atom stereocenters. The molecule has 2 rings (SSSR count). The van der Waals surface area contributed by atoms with E-state index in [4.69, 9.17) is 16.3 Å². The predicted molar refractivity (Wildman–Crippen MR) is 76.3 cm³/mol. The second kappa shape index (κ2) is 7.13. The third-order valence-corrected chi connectivity index (χ3v) is 3.77. The summed E-state index contributed by atoms with van der Waals surface area (Å²) in [7, 11) is 0. The van der Waals surface area contributed by atoms with Crippen LogP contribution in [0.1, 0.15) is 37.7 Å². The summed E-state index contributed by atoms with van der Waals surface area (Å²) in [6.07, 6.45) is 3.91. The normalized spacial score (nSPS) is 21.1. The van der Waals surface area contributed by atoms with E-state index in [1.165, 1.54) is 18.4 Å². The highest BCUT2D eigenvalue weighted by Gasteiger charge is 2.21. The smallest absolute Gasteiger partial charge is 0.0582 e. The number of benzene rings is 1. The Kier molecular flexibility index (Phi) is 5.48. The van der Waals surface area contributed by atoms with E-state index in [2.05, 4.69) is 24.4 Å². The third kappa shape index (κ3) is 3.98. The van der Waals surface area contributed by atoms with E-state index in [0.717, 1.165) is 31.1 Å². The van der Waals surface area contributed by atoms with Crippen molar-refractivity contribution in [3.8, 4) is 0 Å². The van der Waals surface area contributed by atoms with Gasteiger partial charge in [-0.3, -0.25) is 0 Å². The number of halogens is 1. The van der Waals surface area contributed by atoms with Gasteiger partial charge in [-0.25, -0.2) is 0 Å². The van der Waals surface area contributed by atoms with Gasteiger partial charge in [-0.2, -0.15) is 0 Å². The van der Waals surface area contributed by atoms with E-state index >= 15 is 0 Å². The molecule has 1 aromatic carbocycles. The van der Waals surface area contributed by atoms with Gasteiger partial charge in [-0.05, 0) is 49.4 Å². The topological polar surface area (TPSA) is 21.3 Å². The zero-order chi connectivity index (χ0) is 12.8. The van der Waals surface area contributed by atoms with Gasteiger partial charge in [0.2, 0.25) is 0 Å². The Morgan fingerprint density at radius 3 is 3.06 bits per heavy atom. The van der Waals surface area contributed by atoms with Crippen molar-refractivity contribution in [3.05, 3.63) is 34.9 Å². The molecule has 1 saturated heterocycles. The molecule has 1 aliphatic heterocycles.